The molecule has 2 rings (SSSR count). The van der Waals surface area contributed by atoms with Gasteiger partial charge in [0.25, 0.3) is 0 Å². The van der Waals surface area contributed by atoms with Gasteiger partial charge < -0.3 is 5.32 Å². The number of allylic oxidation sites excluding steroid dienone is 3. The summed E-state index contributed by atoms with van der Waals surface area (Å²) in [6.45, 7) is 3.69. The summed E-state index contributed by atoms with van der Waals surface area (Å²) >= 11 is 1.42. The topological polar surface area (TPSA) is 65.8 Å². The quantitative estimate of drug-likeness (QED) is 0.888. The number of hydrogen-bond donors (Lipinski definition) is 1. The third kappa shape index (κ3) is 2.20. The Balaban J connectivity index is 2.20. The molecule has 1 heterocycles. The highest BCUT2D eigenvalue weighted by Gasteiger charge is 2.39. The van der Waals surface area contributed by atoms with Crippen LogP contribution < -0.4 is 5.32 Å². The second kappa shape index (κ2) is 4.75. The number of nitrogens with one attached hydrogen (secondary N) is 1. The van der Waals surface area contributed by atoms with Crippen LogP contribution in [-0.4, -0.2) is 10.9 Å². The van der Waals surface area contributed by atoms with E-state index in [1.165, 1.54) is 11.3 Å². The van der Waals surface area contributed by atoms with Crippen LogP contribution in [0.5, 0.6) is 0 Å². The highest BCUT2D eigenvalue weighted by atomic mass is 32.1. The standard InChI is InChI=1S/C13H13N3OS/c1-9-8-15-12(18-9)16-11(17)13(2)6-4-3-5-10(13)7-14/h3-6,8,10H,1-2H3,(H,15,16,17). The van der Waals surface area contributed by atoms with Gasteiger partial charge in [0.05, 0.1) is 17.4 Å². The third-order valence-corrected chi connectivity index (χ3v) is 3.80. The van der Waals surface area contributed by atoms with Crippen LogP contribution in [0, 0.1) is 29.6 Å². The van der Waals surface area contributed by atoms with E-state index in [4.69, 9.17) is 5.26 Å². The lowest BCUT2D eigenvalue weighted by atomic mass is 9.74. The number of carbonyl (C=O) groups is 1. The van der Waals surface area contributed by atoms with Gasteiger partial charge in [-0.25, -0.2) is 4.98 Å². The molecule has 5 heteroatoms. The first kappa shape index (κ1) is 12.5. The number of carbonyl (C=O) groups excluding carboxylic acids is 1. The van der Waals surface area contributed by atoms with E-state index in [2.05, 4.69) is 16.4 Å². The SMILES string of the molecule is Cc1cnc(NC(=O)C2(C)C=CC=CC2C#N)s1. The summed E-state index contributed by atoms with van der Waals surface area (Å²) in [5.41, 5.74) is -0.844. The summed E-state index contributed by atoms with van der Waals surface area (Å²) in [4.78, 5) is 17.4. The van der Waals surface area contributed by atoms with E-state index in [1.807, 2.05) is 6.92 Å². The molecule has 2 unspecified atom stereocenters. The minimum atomic E-state index is -0.844. The molecule has 1 aliphatic carbocycles. The van der Waals surface area contributed by atoms with Crippen molar-refractivity contribution >= 4 is 22.4 Å². The maximum atomic E-state index is 12.3. The molecule has 0 bridgehead atoms. The van der Waals surface area contributed by atoms with Crippen molar-refractivity contribution in [3.8, 4) is 6.07 Å². The van der Waals surface area contributed by atoms with Gasteiger partial charge in [-0.2, -0.15) is 5.26 Å². The molecule has 0 saturated heterocycles. The molecule has 92 valence electrons. The first-order valence-corrected chi connectivity index (χ1v) is 6.37. The van der Waals surface area contributed by atoms with Gasteiger partial charge in [0.1, 0.15) is 0 Å². The summed E-state index contributed by atoms with van der Waals surface area (Å²) < 4.78 is 0. The fourth-order valence-electron chi connectivity index (χ4n) is 1.77. The number of thiazole rings is 1. The van der Waals surface area contributed by atoms with E-state index in [0.717, 1.165) is 4.88 Å². The van der Waals surface area contributed by atoms with Gasteiger partial charge in [-0.05, 0) is 13.8 Å². The Morgan fingerprint density at radius 1 is 1.61 bits per heavy atom. The zero-order valence-corrected chi connectivity index (χ0v) is 11.0. The van der Waals surface area contributed by atoms with E-state index in [0.29, 0.717) is 5.13 Å². The van der Waals surface area contributed by atoms with Crippen LogP contribution in [-0.2, 0) is 4.79 Å². The molecule has 4 nitrogen and oxygen atoms in total. The van der Waals surface area contributed by atoms with Crippen molar-refractivity contribution in [3.63, 3.8) is 0 Å². The largest absolute Gasteiger partial charge is 0.301 e. The molecular formula is C13H13N3OS. The van der Waals surface area contributed by atoms with Gasteiger partial charge in [-0.1, -0.05) is 24.3 Å². The van der Waals surface area contributed by atoms with Gasteiger partial charge in [0.15, 0.2) is 5.13 Å². The van der Waals surface area contributed by atoms with Crippen molar-refractivity contribution < 1.29 is 4.79 Å². The molecule has 2 atom stereocenters. The van der Waals surface area contributed by atoms with Gasteiger partial charge in [0, 0.05) is 11.1 Å². The lowest BCUT2D eigenvalue weighted by molar-refractivity contribution is -0.123. The Bertz CT molecular complexity index is 567. The van der Waals surface area contributed by atoms with Crippen LogP contribution in [0.15, 0.2) is 30.5 Å². The second-order valence-electron chi connectivity index (χ2n) is 4.36. The van der Waals surface area contributed by atoms with Crippen molar-refractivity contribution in [1.29, 1.82) is 5.26 Å². The average Bonchev–Trinajstić information content (AvgIpc) is 2.75. The zero-order valence-electron chi connectivity index (χ0n) is 10.2. The molecule has 1 aromatic heterocycles. The van der Waals surface area contributed by atoms with E-state index < -0.39 is 11.3 Å². The van der Waals surface area contributed by atoms with Crippen LogP contribution in [0.1, 0.15) is 11.8 Å². The molecule has 0 radical (unpaired) electrons. The molecular weight excluding hydrogens is 246 g/mol. The predicted octanol–water partition coefficient (Wildman–Crippen LogP) is 2.66. The number of aryl methyl sites for hydroxylation is 1. The number of aromatic nitrogens is 1. The van der Waals surface area contributed by atoms with Crippen LogP contribution in [0.4, 0.5) is 5.13 Å². The summed E-state index contributed by atoms with van der Waals surface area (Å²) in [5, 5.41) is 12.5. The number of nitriles is 1. The monoisotopic (exact) mass is 259 g/mol. The Kier molecular flexibility index (Phi) is 3.30. The molecule has 1 N–H and O–H groups in total. The van der Waals surface area contributed by atoms with Crippen LogP contribution in [0.3, 0.4) is 0 Å². The first-order chi connectivity index (χ1) is 8.56. The average molecular weight is 259 g/mol. The van der Waals surface area contributed by atoms with Crippen molar-refractivity contribution in [1.82, 2.24) is 4.98 Å². The first-order valence-electron chi connectivity index (χ1n) is 5.56. The number of amides is 1. The van der Waals surface area contributed by atoms with Crippen molar-refractivity contribution in [2.45, 2.75) is 13.8 Å². The highest BCUT2D eigenvalue weighted by molar-refractivity contribution is 7.15. The zero-order chi connectivity index (χ0) is 13.2. The third-order valence-electron chi connectivity index (χ3n) is 2.97. The minimum Gasteiger partial charge on any atom is -0.301 e. The normalized spacial score (nSPS) is 25.7. The Hall–Kier alpha value is -1.93. The van der Waals surface area contributed by atoms with Gasteiger partial charge in [-0.3, -0.25) is 4.79 Å². The molecule has 0 fully saturated rings. The van der Waals surface area contributed by atoms with Crippen molar-refractivity contribution in [3.05, 3.63) is 35.4 Å². The summed E-state index contributed by atoms with van der Waals surface area (Å²) in [5.74, 6) is -0.660. The Morgan fingerprint density at radius 2 is 2.39 bits per heavy atom. The summed E-state index contributed by atoms with van der Waals surface area (Å²) in [6.07, 6.45) is 8.79. The van der Waals surface area contributed by atoms with Crippen molar-refractivity contribution in [2.24, 2.45) is 11.3 Å². The van der Waals surface area contributed by atoms with Crippen LogP contribution >= 0.6 is 11.3 Å². The van der Waals surface area contributed by atoms with Gasteiger partial charge >= 0.3 is 0 Å². The van der Waals surface area contributed by atoms with Gasteiger partial charge in [0.2, 0.25) is 5.91 Å². The van der Waals surface area contributed by atoms with E-state index in [-0.39, 0.29) is 5.91 Å². The maximum absolute atomic E-state index is 12.3. The smallest absolute Gasteiger partial charge is 0.237 e. The Labute approximate surface area is 110 Å². The Morgan fingerprint density at radius 3 is 3.00 bits per heavy atom. The molecule has 0 saturated carbocycles. The van der Waals surface area contributed by atoms with Crippen molar-refractivity contribution in [2.75, 3.05) is 5.32 Å². The molecule has 0 aliphatic heterocycles. The van der Waals surface area contributed by atoms with E-state index in [1.54, 1.807) is 37.4 Å². The minimum absolute atomic E-state index is 0.205. The van der Waals surface area contributed by atoms with Crippen LogP contribution in [0.25, 0.3) is 0 Å². The molecule has 1 aromatic rings. The summed E-state index contributed by atoms with van der Waals surface area (Å²) in [7, 11) is 0. The van der Waals surface area contributed by atoms with E-state index >= 15 is 0 Å². The summed E-state index contributed by atoms with van der Waals surface area (Å²) in [6, 6.07) is 2.15. The predicted molar refractivity (Wildman–Crippen MR) is 71.0 cm³/mol. The number of hydrogen-bond acceptors (Lipinski definition) is 4. The van der Waals surface area contributed by atoms with Gasteiger partial charge in [-0.15, -0.1) is 11.3 Å². The highest BCUT2D eigenvalue weighted by Crippen LogP contribution is 2.34. The fourth-order valence-corrected chi connectivity index (χ4v) is 2.43. The number of nitrogens with zero attached hydrogens (tertiary/aromatic N) is 2. The molecule has 0 aromatic carbocycles. The lowest BCUT2D eigenvalue weighted by Gasteiger charge is -2.28. The number of rotatable bonds is 2. The molecule has 1 aliphatic rings. The number of anilines is 1. The fraction of sp³-hybridized carbons (Fsp3) is 0.308. The molecule has 0 spiro atoms. The second-order valence-corrected chi connectivity index (χ2v) is 5.60. The van der Waals surface area contributed by atoms with Crippen LogP contribution in [0.2, 0.25) is 0 Å². The molecule has 18 heavy (non-hydrogen) atoms. The lowest BCUT2D eigenvalue weighted by Crippen LogP contribution is -2.38. The maximum Gasteiger partial charge on any atom is 0.237 e. The molecule has 1 amide bonds. The van der Waals surface area contributed by atoms with E-state index in [9.17, 15) is 4.79 Å².